The number of rotatable bonds is 5. The van der Waals surface area contributed by atoms with Crippen molar-refractivity contribution in [3.63, 3.8) is 0 Å². The Kier molecular flexibility index (Phi) is 5.65. The van der Waals surface area contributed by atoms with Crippen molar-refractivity contribution < 1.29 is 9.53 Å². The van der Waals surface area contributed by atoms with Crippen molar-refractivity contribution in [3.05, 3.63) is 28.7 Å². The molecule has 0 radical (unpaired) electrons. The van der Waals surface area contributed by atoms with Gasteiger partial charge in [-0.25, -0.2) is 0 Å². The largest absolute Gasteiger partial charge is 0.481 e. The summed E-state index contributed by atoms with van der Waals surface area (Å²) in [5.74, 6) is 0.634. The maximum Gasteiger partial charge on any atom is 0.260 e. The highest BCUT2D eigenvalue weighted by Crippen LogP contribution is 2.26. The molecule has 1 heterocycles. The third kappa shape index (κ3) is 5.00. The SMILES string of the molecule is CC(Oc1cccc(Br)c1)C(=O)NCC1(C)CCNCC1. The second-order valence-corrected chi connectivity index (χ2v) is 6.91. The third-order valence-corrected chi connectivity index (χ3v) is 4.47. The molecule has 21 heavy (non-hydrogen) atoms. The number of halogens is 1. The molecule has 1 aromatic rings. The first-order valence-electron chi connectivity index (χ1n) is 7.39. The van der Waals surface area contributed by atoms with Crippen LogP contribution in [0, 0.1) is 5.41 Å². The first-order valence-corrected chi connectivity index (χ1v) is 8.18. The number of piperidine rings is 1. The van der Waals surface area contributed by atoms with Crippen LogP contribution in [0.4, 0.5) is 0 Å². The molecule has 0 bridgehead atoms. The zero-order valence-corrected chi connectivity index (χ0v) is 14.2. The van der Waals surface area contributed by atoms with Gasteiger partial charge in [-0.2, -0.15) is 0 Å². The van der Waals surface area contributed by atoms with Crippen molar-refractivity contribution in [3.8, 4) is 5.75 Å². The molecular weight excluding hydrogens is 332 g/mol. The lowest BCUT2D eigenvalue weighted by Gasteiger charge is -2.34. The fourth-order valence-electron chi connectivity index (χ4n) is 2.45. The van der Waals surface area contributed by atoms with Crippen LogP contribution in [-0.2, 0) is 4.79 Å². The molecule has 4 nitrogen and oxygen atoms in total. The smallest absolute Gasteiger partial charge is 0.260 e. The van der Waals surface area contributed by atoms with E-state index in [0.717, 1.165) is 30.4 Å². The molecule has 1 amide bonds. The van der Waals surface area contributed by atoms with Crippen molar-refractivity contribution in [2.45, 2.75) is 32.8 Å². The van der Waals surface area contributed by atoms with Gasteiger partial charge in [0.2, 0.25) is 0 Å². The number of carbonyl (C=O) groups is 1. The van der Waals surface area contributed by atoms with E-state index < -0.39 is 6.10 Å². The zero-order chi connectivity index (χ0) is 15.3. The summed E-state index contributed by atoms with van der Waals surface area (Å²) in [4.78, 5) is 12.2. The predicted octanol–water partition coefficient (Wildman–Crippen LogP) is 2.72. The lowest BCUT2D eigenvalue weighted by molar-refractivity contribution is -0.127. The molecule has 1 fully saturated rings. The van der Waals surface area contributed by atoms with E-state index in [0.29, 0.717) is 12.3 Å². The summed E-state index contributed by atoms with van der Waals surface area (Å²) in [6.45, 7) is 6.77. The molecule has 2 rings (SSSR count). The van der Waals surface area contributed by atoms with E-state index in [-0.39, 0.29) is 11.3 Å². The van der Waals surface area contributed by atoms with E-state index in [1.807, 2.05) is 24.3 Å². The number of hydrogen-bond acceptors (Lipinski definition) is 3. The van der Waals surface area contributed by atoms with Crippen LogP contribution < -0.4 is 15.4 Å². The van der Waals surface area contributed by atoms with E-state index in [4.69, 9.17) is 4.74 Å². The molecule has 2 N–H and O–H groups in total. The minimum atomic E-state index is -0.496. The topological polar surface area (TPSA) is 50.4 Å². The van der Waals surface area contributed by atoms with Gasteiger partial charge < -0.3 is 15.4 Å². The second kappa shape index (κ2) is 7.27. The minimum Gasteiger partial charge on any atom is -0.481 e. The van der Waals surface area contributed by atoms with Crippen molar-refractivity contribution in [1.82, 2.24) is 10.6 Å². The van der Waals surface area contributed by atoms with Crippen LogP contribution >= 0.6 is 15.9 Å². The normalized spacial score (nSPS) is 18.8. The van der Waals surface area contributed by atoms with E-state index in [9.17, 15) is 4.79 Å². The summed E-state index contributed by atoms with van der Waals surface area (Å²) in [6, 6.07) is 7.52. The number of amides is 1. The number of carbonyl (C=O) groups excluding carboxylic acids is 1. The van der Waals surface area contributed by atoms with E-state index in [1.54, 1.807) is 6.92 Å². The summed E-state index contributed by atoms with van der Waals surface area (Å²) in [6.07, 6.45) is 1.69. The van der Waals surface area contributed by atoms with Crippen LogP contribution in [0.1, 0.15) is 26.7 Å². The Labute approximate surface area is 134 Å². The highest BCUT2D eigenvalue weighted by molar-refractivity contribution is 9.10. The van der Waals surface area contributed by atoms with Gasteiger partial charge in [-0.15, -0.1) is 0 Å². The van der Waals surface area contributed by atoms with Crippen LogP contribution in [-0.4, -0.2) is 31.6 Å². The molecule has 0 spiro atoms. The first-order chi connectivity index (χ1) is 9.98. The highest BCUT2D eigenvalue weighted by atomic mass is 79.9. The van der Waals surface area contributed by atoms with Crippen molar-refractivity contribution >= 4 is 21.8 Å². The highest BCUT2D eigenvalue weighted by Gasteiger charge is 2.28. The molecule has 1 aliphatic rings. The van der Waals surface area contributed by atoms with Gasteiger partial charge in [0.15, 0.2) is 6.10 Å². The van der Waals surface area contributed by atoms with Gasteiger partial charge in [-0.05, 0) is 56.5 Å². The third-order valence-electron chi connectivity index (χ3n) is 3.98. The van der Waals surface area contributed by atoms with Crippen LogP contribution in [0.5, 0.6) is 5.75 Å². The van der Waals surface area contributed by atoms with Gasteiger partial charge in [0.25, 0.3) is 5.91 Å². The van der Waals surface area contributed by atoms with Crippen LogP contribution in [0.3, 0.4) is 0 Å². The summed E-state index contributed by atoms with van der Waals surface area (Å²) >= 11 is 3.39. The Morgan fingerprint density at radius 1 is 1.48 bits per heavy atom. The van der Waals surface area contributed by atoms with E-state index in [2.05, 4.69) is 33.5 Å². The predicted molar refractivity (Wildman–Crippen MR) is 87.5 cm³/mol. The van der Waals surface area contributed by atoms with Crippen molar-refractivity contribution in [2.75, 3.05) is 19.6 Å². The molecule has 1 unspecified atom stereocenters. The maximum absolute atomic E-state index is 12.2. The quantitative estimate of drug-likeness (QED) is 0.854. The Hall–Kier alpha value is -1.07. The fraction of sp³-hybridized carbons (Fsp3) is 0.562. The molecule has 5 heteroatoms. The molecule has 1 atom stereocenters. The fourth-order valence-corrected chi connectivity index (χ4v) is 2.83. The number of hydrogen-bond donors (Lipinski definition) is 2. The molecule has 0 aromatic heterocycles. The summed E-state index contributed by atoms with van der Waals surface area (Å²) in [5, 5.41) is 6.37. The summed E-state index contributed by atoms with van der Waals surface area (Å²) in [7, 11) is 0. The molecule has 0 saturated carbocycles. The lowest BCUT2D eigenvalue weighted by Crippen LogP contribution is -2.45. The van der Waals surface area contributed by atoms with E-state index >= 15 is 0 Å². The number of ether oxygens (including phenoxy) is 1. The van der Waals surface area contributed by atoms with Crippen molar-refractivity contribution in [1.29, 1.82) is 0 Å². The van der Waals surface area contributed by atoms with Crippen LogP contribution in [0.15, 0.2) is 28.7 Å². The average molecular weight is 355 g/mol. The standard InChI is InChI=1S/C16H23BrN2O2/c1-12(21-14-5-3-4-13(17)10-14)15(20)19-11-16(2)6-8-18-9-7-16/h3-5,10,12,18H,6-9,11H2,1-2H3,(H,19,20). The molecule has 116 valence electrons. The minimum absolute atomic E-state index is 0.0604. The second-order valence-electron chi connectivity index (χ2n) is 6.00. The molecule has 1 aliphatic heterocycles. The van der Waals surface area contributed by atoms with E-state index in [1.165, 1.54) is 0 Å². The van der Waals surface area contributed by atoms with Crippen LogP contribution in [0.2, 0.25) is 0 Å². The average Bonchev–Trinajstić information content (AvgIpc) is 2.45. The zero-order valence-electron chi connectivity index (χ0n) is 12.6. The first kappa shape index (κ1) is 16.3. The molecular formula is C16H23BrN2O2. The Morgan fingerprint density at radius 2 is 2.19 bits per heavy atom. The van der Waals surface area contributed by atoms with Gasteiger partial charge in [-0.1, -0.05) is 28.9 Å². The molecule has 1 aromatic carbocycles. The Balaban J connectivity index is 1.82. The summed E-state index contributed by atoms with van der Waals surface area (Å²) in [5.41, 5.74) is 0.191. The number of nitrogens with one attached hydrogen (secondary N) is 2. The van der Waals surface area contributed by atoms with Gasteiger partial charge in [0.1, 0.15) is 5.75 Å². The van der Waals surface area contributed by atoms with Gasteiger partial charge in [0.05, 0.1) is 0 Å². The van der Waals surface area contributed by atoms with Crippen molar-refractivity contribution in [2.24, 2.45) is 5.41 Å². The molecule has 0 aliphatic carbocycles. The summed E-state index contributed by atoms with van der Waals surface area (Å²) < 4.78 is 6.62. The Bertz CT molecular complexity index is 487. The van der Waals surface area contributed by atoms with Gasteiger partial charge in [0, 0.05) is 11.0 Å². The maximum atomic E-state index is 12.2. The molecule has 1 saturated heterocycles. The van der Waals surface area contributed by atoms with Gasteiger partial charge in [-0.3, -0.25) is 4.79 Å². The number of benzene rings is 1. The lowest BCUT2D eigenvalue weighted by atomic mass is 9.81. The Morgan fingerprint density at radius 3 is 2.86 bits per heavy atom. The van der Waals surface area contributed by atoms with Gasteiger partial charge >= 0.3 is 0 Å². The van der Waals surface area contributed by atoms with Crippen LogP contribution in [0.25, 0.3) is 0 Å². The monoisotopic (exact) mass is 354 g/mol.